The Labute approximate surface area is 169 Å². The van der Waals surface area contributed by atoms with E-state index in [1.807, 2.05) is 19.1 Å². The van der Waals surface area contributed by atoms with E-state index in [1.165, 1.54) is 26.1 Å². The lowest BCUT2D eigenvalue weighted by atomic mass is 10.0. The van der Waals surface area contributed by atoms with Gasteiger partial charge in [-0.3, -0.25) is 0 Å². The minimum Gasteiger partial charge on any atom is -0.391 e. The lowest BCUT2D eigenvalue weighted by Gasteiger charge is -2.13. The van der Waals surface area contributed by atoms with Crippen molar-refractivity contribution in [2.24, 2.45) is 12.2 Å². The van der Waals surface area contributed by atoms with Crippen molar-refractivity contribution in [3.63, 3.8) is 0 Å². The van der Waals surface area contributed by atoms with Gasteiger partial charge in [-0.15, -0.1) is 0 Å². The molecule has 0 radical (unpaired) electrons. The van der Waals surface area contributed by atoms with Crippen LogP contribution < -0.4 is 5.69 Å². The van der Waals surface area contributed by atoms with Crippen LogP contribution in [0.2, 0.25) is 0 Å². The van der Waals surface area contributed by atoms with Crippen LogP contribution in [0.3, 0.4) is 0 Å². The van der Waals surface area contributed by atoms with Crippen molar-refractivity contribution in [2.75, 3.05) is 0 Å². The zero-order valence-corrected chi connectivity index (χ0v) is 17.2. The lowest BCUT2D eigenvalue weighted by Crippen LogP contribution is -2.23. The fraction of sp³-hybridized carbons (Fsp3) is 0.364. The van der Waals surface area contributed by atoms with E-state index in [0.29, 0.717) is 11.6 Å². The van der Waals surface area contributed by atoms with Crippen LogP contribution in [0, 0.1) is 13.8 Å². The van der Waals surface area contributed by atoms with Crippen LogP contribution in [0.25, 0.3) is 5.69 Å². The third kappa shape index (κ3) is 3.99. The molecule has 4 rings (SSSR count). The molecule has 1 saturated carbocycles. The Bertz CT molecular complexity index is 1120. The van der Waals surface area contributed by atoms with Crippen LogP contribution in [-0.2, 0) is 18.5 Å². The number of hydrogen-bond acceptors (Lipinski definition) is 5. The van der Waals surface area contributed by atoms with Gasteiger partial charge >= 0.3 is 5.69 Å². The van der Waals surface area contributed by atoms with Crippen LogP contribution in [0.4, 0.5) is 0 Å². The molecule has 1 aromatic heterocycles. The molecule has 1 aliphatic rings. The highest BCUT2D eigenvalue weighted by atomic mass is 16.6. The summed E-state index contributed by atoms with van der Waals surface area (Å²) < 4.78 is 2.54. The molecule has 150 valence electrons. The molecule has 1 fully saturated rings. The summed E-state index contributed by atoms with van der Waals surface area (Å²) >= 11 is 0. The van der Waals surface area contributed by atoms with Crippen molar-refractivity contribution in [3.8, 4) is 5.69 Å². The SMILES string of the molecule is CC(=NOCc1c(C2CC2)cccc1-n1nnn(C)c1=O)c1cc(C)cc(C)c1. The highest BCUT2D eigenvalue weighted by Gasteiger charge is 2.28. The Morgan fingerprint density at radius 3 is 2.52 bits per heavy atom. The van der Waals surface area contributed by atoms with Crippen molar-refractivity contribution in [1.29, 1.82) is 0 Å². The molecule has 0 aliphatic heterocycles. The average Bonchev–Trinajstić information content (AvgIpc) is 3.47. The van der Waals surface area contributed by atoms with Crippen LogP contribution in [0.1, 0.15) is 53.5 Å². The molecular weight excluding hydrogens is 366 g/mol. The normalized spacial score (nSPS) is 14.3. The van der Waals surface area contributed by atoms with Crippen molar-refractivity contribution in [2.45, 2.75) is 46.1 Å². The zero-order chi connectivity index (χ0) is 20.5. The summed E-state index contributed by atoms with van der Waals surface area (Å²) in [7, 11) is 1.59. The Hall–Kier alpha value is -3.22. The Morgan fingerprint density at radius 2 is 1.90 bits per heavy atom. The first-order chi connectivity index (χ1) is 13.9. The van der Waals surface area contributed by atoms with Gasteiger partial charge in [-0.2, -0.15) is 9.36 Å². The Kier molecular flexibility index (Phi) is 5.05. The molecule has 0 saturated heterocycles. The van der Waals surface area contributed by atoms with Crippen molar-refractivity contribution in [1.82, 2.24) is 19.8 Å². The first-order valence-corrected chi connectivity index (χ1v) is 9.80. The van der Waals surface area contributed by atoms with E-state index in [-0.39, 0.29) is 12.3 Å². The molecule has 0 unspecified atom stereocenters. The first-order valence-electron chi connectivity index (χ1n) is 9.80. The topological polar surface area (TPSA) is 74.3 Å². The third-order valence-corrected chi connectivity index (χ3v) is 5.20. The summed E-state index contributed by atoms with van der Waals surface area (Å²) in [5.74, 6) is 0.505. The fourth-order valence-corrected chi connectivity index (χ4v) is 3.62. The highest BCUT2D eigenvalue weighted by Crippen LogP contribution is 2.42. The summed E-state index contributed by atoms with van der Waals surface area (Å²) in [5.41, 5.74) is 6.80. The largest absolute Gasteiger partial charge is 0.391 e. The van der Waals surface area contributed by atoms with E-state index >= 15 is 0 Å². The van der Waals surface area contributed by atoms with Gasteiger partial charge in [-0.25, -0.2) is 4.79 Å². The van der Waals surface area contributed by atoms with Crippen molar-refractivity contribution < 1.29 is 4.84 Å². The van der Waals surface area contributed by atoms with Gasteiger partial charge in [0.1, 0.15) is 6.61 Å². The molecule has 0 amide bonds. The second kappa shape index (κ2) is 7.66. The standard InChI is InChI=1S/C22H25N5O2/c1-14-10-15(2)12-18(11-14)16(3)23-29-13-20-19(17-8-9-17)6-5-7-21(20)27-22(28)26(4)24-25-27/h5-7,10-12,17H,8-9,13H2,1-4H3. The van der Waals surface area contributed by atoms with E-state index in [4.69, 9.17) is 4.84 Å². The maximum absolute atomic E-state index is 12.4. The van der Waals surface area contributed by atoms with Crippen molar-refractivity contribution in [3.05, 3.63) is 74.7 Å². The molecule has 1 heterocycles. The van der Waals surface area contributed by atoms with Crippen LogP contribution in [0.5, 0.6) is 0 Å². The fourth-order valence-electron chi connectivity index (χ4n) is 3.62. The number of rotatable bonds is 6. The van der Waals surface area contributed by atoms with E-state index in [9.17, 15) is 4.79 Å². The van der Waals surface area contributed by atoms with Gasteiger partial charge in [0.15, 0.2) is 0 Å². The molecule has 0 N–H and O–H groups in total. The highest BCUT2D eigenvalue weighted by molar-refractivity contribution is 5.98. The summed E-state index contributed by atoms with van der Waals surface area (Å²) in [6, 6.07) is 12.3. The monoisotopic (exact) mass is 391 g/mol. The third-order valence-electron chi connectivity index (χ3n) is 5.20. The number of aromatic nitrogens is 4. The number of aryl methyl sites for hydroxylation is 3. The van der Waals surface area contributed by atoms with Gasteiger partial charge in [-0.05, 0) is 67.2 Å². The van der Waals surface area contributed by atoms with Gasteiger partial charge in [0.2, 0.25) is 0 Å². The minimum absolute atomic E-state index is 0.271. The maximum Gasteiger partial charge on any atom is 0.368 e. The molecule has 1 aliphatic carbocycles. The second-order valence-corrected chi connectivity index (χ2v) is 7.74. The quantitative estimate of drug-likeness (QED) is 0.477. The Morgan fingerprint density at radius 1 is 1.17 bits per heavy atom. The van der Waals surface area contributed by atoms with Gasteiger partial charge < -0.3 is 4.84 Å². The minimum atomic E-state index is -0.283. The first kappa shape index (κ1) is 19.1. The molecule has 7 heteroatoms. The zero-order valence-electron chi connectivity index (χ0n) is 17.2. The molecule has 7 nitrogen and oxygen atoms in total. The van der Waals surface area contributed by atoms with Crippen LogP contribution in [0.15, 0.2) is 46.3 Å². The molecular formula is C22H25N5O2. The predicted molar refractivity (Wildman–Crippen MR) is 111 cm³/mol. The Balaban J connectivity index is 1.64. The van der Waals surface area contributed by atoms with Gasteiger partial charge in [0.25, 0.3) is 0 Å². The van der Waals surface area contributed by atoms with E-state index < -0.39 is 0 Å². The smallest absolute Gasteiger partial charge is 0.368 e. The summed E-state index contributed by atoms with van der Waals surface area (Å²) in [6.07, 6.45) is 2.30. The molecule has 0 bridgehead atoms. The maximum atomic E-state index is 12.4. The molecule has 0 spiro atoms. The van der Waals surface area contributed by atoms with E-state index in [1.54, 1.807) is 7.05 Å². The van der Waals surface area contributed by atoms with Gasteiger partial charge in [0, 0.05) is 12.6 Å². The summed E-state index contributed by atoms with van der Waals surface area (Å²) in [5, 5.41) is 12.2. The predicted octanol–water partition coefficient (Wildman–Crippen LogP) is 3.40. The number of oxime groups is 1. The second-order valence-electron chi connectivity index (χ2n) is 7.74. The molecule has 2 aromatic carbocycles. The number of tetrazole rings is 1. The number of hydrogen-bond donors (Lipinski definition) is 0. The van der Waals surface area contributed by atoms with Gasteiger partial charge in [0.05, 0.1) is 11.4 Å². The molecule has 3 aromatic rings. The number of nitrogens with zero attached hydrogens (tertiary/aromatic N) is 5. The summed E-state index contributed by atoms with van der Waals surface area (Å²) in [6.45, 7) is 6.35. The van der Waals surface area contributed by atoms with Crippen LogP contribution in [-0.4, -0.2) is 25.5 Å². The number of benzene rings is 2. The van der Waals surface area contributed by atoms with Crippen LogP contribution >= 0.6 is 0 Å². The van der Waals surface area contributed by atoms with E-state index in [0.717, 1.165) is 29.7 Å². The van der Waals surface area contributed by atoms with E-state index in [2.05, 4.69) is 53.7 Å². The van der Waals surface area contributed by atoms with Crippen molar-refractivity contribution >= 4 is 5.71 Å². The molecule has 29 heavy (non-hydrogen) atoms. The van der Waals surface area contributed by atoms with Gasteiger partial charge in [-0.1, -0.05) is 46.6 Å². The summed E-state index contributed by atoms with van der Waals surface area (Å²) in [4.78, 5) is 18.1. The molecule has 0 atom stereocenters. The lowest BCUT2D eigenvalue weighted by molar-refractivity contribution is 0.129. The average molecular weight is 391 g/mol.